The van der Waals surface area contributed by atoms with Crippen molar-refractivity contribution in [1.82, 2.24) is 9.88 Å². The minimum atomic E-state index is -0.382. The van der Waals surface area contributed by atoms with E-state index in [4.69, 9.17) is 4.74 Å². The highest BCUT2D eigenvalue weighted by Crippen LogP contribution is 2.25. The SMILES string of the molecule is Cc1csc(-c2ccc(OC(=O)N(C)C)cc2)n1. The number of nitrogens with zero attached hydrogens (tertiary/aromatic N) is 2. The summed E-state index contributed by atoms with van der Waals surface area (Å²) in [5.41, 5.74) is 2.04. The molecule has 0 atom stereocenters. The molecule has 2 aromatic rings. The molecule has 0 N–H and O–H groups in total. The van der Waals surface area contributed by atoms with E-state index in [2.05, 4.69) is 4.98 Å². The predicted octanol–water partition coefficient (Wildman–Crippen LogP) is 3.18. The summed E-state index contributed by atoms with van der Waals surface area (Å²) < 4.78 is 5.14. The molecular weight excluding hydrogens is 248 g/mol. The van der Waals surface area contributed by atoms with E-state index in [0.29, 0.717) is 5.75 Å². The van der Waals surface area contributed by atoms with Crippen molar-refractivity contribution in [3.8, 4) is 16.3 Å². The zero-order chi connectivity index (χ0) is 13.1. The molecular formula is C13H14N2O2S. The lowest BCUT2D eigenvalue weighted by atomic mass is 10.2. The molecule has 1 aromatic carbocycles. The number of carbonyl (C=O) groups is 1. The second kappa shape index (κ2) is 5.18. The van der Waals surface area contributed by atoms with Crippen molar-refractivity contribution >= 4 is 17.4 Å². The van der Waals surface area contributed by atoms with Crippen LogP contribution in [0.25, 0.3) is 10.6 Å². The Morgan fingerprint density at radius 3 is 2.44 bits per heavy atom. The van der Waals surface area contributed by atoms with Gasteiger partial charge in [0.1, 0.15) is 10.8 Å². The van der Waals surface area contributed by atoms with Crippen LogP contribution in [-0.2, 0) is 0 Å². The summed E-state index contributed by atoms with van der Waals surface area (Å²) in [4.78, 5) is 17.2. The van der Waals surface area contributed by atoms with Crippen LogP contribution in [0.3, 0.4) is 0 Å². The van der Waals surface area contributed by atoms with Gasteiger partial charge in [0.25, 0.3) is 0 Å². The lowest BCUT2D eigenvalue weighted by molar-refractivity contribution is 0.172. The van der Waals surface area contributed by atoms with E-state index in [-0.39, 0.29) is 6.09 Å². The smallest absolute Gasteiger partial charge is 0.410 e. The lowest BCUT2D eigenvalue weighted by Crippen LogP contribution is -2.25. The lowest BCUT2D eigenvalue weighted by Gasteiger charge is -2.10. The Labute approximate surface area is 110 Å². The average Bonchev–Trinajstić information content (AvgIpc) is 2.76. The molecule has 0 unspecified atom stereocenters. The summed E-state index contributed by atoms with van der Waals surface area (Å²) in [6.07, 6.45) is -0.382. The third-order valence-corrected chi connectivity index (χ3v) is 3.30. The Bertz CT molecular complexity index is 546. The molecule has 0 saturated carbocycles. The molecule has 2 rings (SSSR count). The maximum absolute atomic E-state index is 11.4. The minimum Gasteiger partial charge on any atom is -0.410 e. The summed E-state index contributed by atoms with van der Waals surface area (Å²) in [5, 5.41) is 2.98. The third kappa shape index (κ3) is 2.87. The molecule has 18 heavy (non-hydrogen) atoms. The third-order valence-electron chi connectivity index (χ3n) is 2.29. The number of amides is 1. The largest absolute Gasteiger partial charge is 0.414 e. The van der Waals surface area contributed by atoms with Gasteiger partial charge in [0.05, 0.1) is 0 Å². The second-order valence-corrected chi connectivity index (χ2v) is 4.94. The molecule has 1 amide bonds. The Balaban J connectivity index is 2.13. The van der Waals surface area contributed by atoms with Gasteiger partial charge in [0.2, 0.25) is 0 Å². The van der Waals surface area contributed by atoms with Crippen molar-refractivity contribution in [2.45, 2.75) is 6.92 Å². The van der Waals surface area contributed by atoms with Gasteiger partial charge in [0.15, 0.2) is 0 Å². The summed E-state index contributed by atoms with van der Waals surface area (Å²) >= 11 is 1.60. The summed E-state index contributed by atoms with van der Waals surface area (Å²) in [6.45, 7) is 1.97. The molecule has 0 fully saturated rings. The van der Waals surface area contributed by atoms with Crippen molar-refractivity contribution < 1.29 is 9.53 Å². The fraction of sp³-hybridized carbons (Fsp3) is 0.231. The molecule has 0 radical (unpaired) electrons. The zero-order valence-electron chi connectivity index (χ0n) is 10.5. The van der Waals surface area contributed by atoms with Crippen molar-refractivity contribution in [3.63, 3.8) is 0 Å². The molecule has 0 bridgehead atoms. The molecule has 1 heterocycles. The van der Waals surface area contributed by atoms with Crippen molar-refractivity contribution in [1.29, 1.82) is 0 Å². The van der Waals surface area contributed by atoms with E-state index in [9.17, 15) is 4.79 Å². The molecule has 5 heteroatoms. The van der Waals surface area contributed by atoms with E-state index >= 15 is 0 Å². The summed E-state index contributed by atoms with van der Waals surface area (Å²) in [6, 6.07) is 7.34. The van der Waals surface area contributed by atoms with Crippen LogP contribution in [0.5, 0.6) is 5.75 Å². The van der Waals surface area contributed by atoms with Crippen molar-refractivity contribution in [3.05, 3.63) is 35.3 Å². The number of carbonyl (C=O) groups excluding carboxylic acids is 1. The molecule has 0 aliphatic heterocycles. The Morgan fingerprint density at radius 2 is 1.94 bits per heavy atom. The topological polar surface area (TPSA) is 42.4 Å². The number of thiazole rings is 1. The maximum Gasteiger partial charge on any atom is 0.414 e. The highest BCUT2D eigenvalue weighted by Gasteiger charge is 2.07. The first kappa shape index (κ1) is 12.6. The van der Waals surface area contributed by atoms with E-state index in [1.165, 1.54) is 4.90 Å². The number of rotatable bonds is 2. The van der Waals surface area contributed by atoms with E-state index in [0.717, 1.165) is 16.3 Å². The van der Waals surface area contributed by atoms with E-state index in [1.807, 2.05) is 24.4 Å². The molecule has 0 aliphatic carbocycles. The van der Waals surface area contributed by atoms with Gasteiger partial charge < -0.3 is 9.64 Å². The number of ether oxygens (including phenoxy) is 1. The van der Waals surface area contributed by atoms with Crippen LogP contribution in [0, 0.1) is 6.92 Å². The zero-order valence-corrected chi connectivity index (χ0v) is 11.3. The number of aromatic nitrogens is 1. The van der Waals surface area contributed by atoms with Gasteiger partial charge in [0, 0.05) is 30.7 Å². The van der Waals surface area contributed by atoms with Gasteiger partial charge in [-0.25, -0.2) is 9.78 Å². The molecule has 0 spiro atoms. The summed E-state index contributed by atoms with van der Waals surface area (Å²) in [7, 11) is 3.30. The van der Waals surface area contributed by atoms with E-state index in [1.54, 1.807) is 37.6 Å². The van der Waals surface area contributed by atoms with Crippen LogP contribution in [-0.4, -0.2) is 30.1 Å². The van der Waals surface area contributed by atoms with Gasteiger partial charge in [-0.3, -0.25) is 0 Å². The number of hydrogen-bond acceptors (Lipinski definition) is 4. The van der Waals surface area contributed by atoms with Crippen LogP contribution < -0.4 is 4.74 Å². The van der Waals surface area contributed by atoms with Gasteiger partial charge >= 0.3 is 6.09 Å². The number of hydrogen-bond donors (Lipinski definition) is 0. The second-order valence-electron chi connectivity index (χ2n) is 4.08. The fourth-order valence-corrected chi connectivity index (χ4v) is 2.15. The Hall–Kier alpha value is -1.88. The first-order valence-corrected chi connectivity index (χ1v) is 6.36. The van der Waals surface area contributed by atoms with Crippen LogP contribution in [0.1, 0.15) is 5.69 Å². The average molecular weight is 262 g/mol. The molecule has 0 saturated heterocycles. The molecule has 94 valence electrons. The predicted molar refractivity (Wildman–Crippen MR) is 72.0 cm³/mol. The maximum atomic E-state index is 11.4. The quantitative estimate of drug-likeness (QED) is 0.834. The summed E-state index contributed by atoms with van der Waals surface area (Å²) in [5.74, 6) is 0.533. The standard InChI is InChI=1S/C13H14N2O2S/c1-9-8-18-12(14-9)10-4-6-11(7-5-10)17-13(16)15(2)3/h4-8H,1-3H3. The van der Waals surface area contributed by atoms with Crippen molar-refractivity contribution in [2.75, 3.05) is 14.1 Å². The Morgan fingerprint density at radius 1 is 1.28 bits per heavy atom. The van der Waals surface area contributed by atoms with Crippen LogP contribution >= 0.6 is 11.3 Å². The number of benzene rings is 1. The van der Waals surface area contributed by atoms with Gasteiger partial charge in [-0.15, -0.1) is 11.3 Å². The van der Waals surface area contributed by atoms with Crippen LogP contribution in [0.15, 0.2) is 29.6 Å². The van der Waals surface area contributed by atoms with Crippen LogP contribution in [0.4, 0.5) is 4.79 Å². The molecule has 0 aliphatic rings. The Kier molecular flexibility index (Phi) is 3.62. The van der Waals surface area contributed by atoms with Crippen molar-refractivity contribution in [2.24, 2.45) is 0 Å². The first-order chi connectivity index (χ1) is 8.56. The van der Waals surface area contributed by atoms with Gasteiger partial charge in [-0.1, -0.05) is 0 Å². The van der Waals surface area contributed by atoms with Gasteiger partial charge in [-0.05, 0) is 31.2 Å². The minimum absolute atomic E-state index is 0.382. The van der Waals surface area contributed by atoms with Crippen LogP contribution in [0.2, 0.25) is 0 Å². The van der Waals surface area contributed by atoms with E-state index < -0.39 is 0 Å². The molecule has 1 aromatic heterocycles. The van der Waals surface area contributed by atoms with Gasteiger partial charge in [-0.2, -0.15) is 0 Å². The fourth-order valence-electron chi connectivity index (χ4n) is 1.34. The highest BCUT2D eigenvalue weighted by molar-refractivity contribution is 7.13. The highest BCUT2D eigenvalue weighted by atomic mass is 32.1. The number of aryl methyl sites for hydroxylation is 1. The first-order valence-electron chi connectivity index (χ1n) is 5.48. The molecule has 4 nitrogen and oxygen atoms in total. The monoisotopic (exact) mass is 262 g/mol. The normalized spacial score (nSPS) is 10.2.